The van der Waals surface area contributed by atoms with Gasteiger partial charge in [-0.3, -0.25) is 0 Å². The van der Waals surface area contributed by atoms with E-state index in [9.17, 15) is 4.39 Å². The Morgan fingerprint density at radius 3 is 2.61 bits per heavy atom. The number of nitrogens with zero attached hydrogens (tertiary/aromatic N) is 1. The first-order chi connectivity index (χ1) is 8.68. The minimum Gasteiger partial charge on any atom is -0.371 e. The van der Waals surface area contributed by atoms with Crippen LogP contribution >= 0.6 is 0 Å². The Morgan fingerprint density at radius 2 is 1.94 bits per heavy atom. The molecule has 0 atom stereocenters. The molecule has 0 unspecified atom stereocenters. The Labute approximate surface area is 109 Å². The van der Waals surface area contributed by atoms with Gasteiger partial charge in [0.2, 0.25) is 0 Å². The molecule has 2 nitrogen and oxygen atoms in total. The van der Waals surface area contributed by atoms with Crippen molar-refractivity contribution < 1.29 is 4.39 Å². The normalized spacial score (nSPS) is 16.3. The van der Waals surface area contributed by atoms with Crippen molar-refractivity contribution in [3.05, 3.63) is 29.6 Å². The molecular formula is C15H23FN2. The second kappa shape index (κ2) is 6.19. The van der Waals surface area contributed by atoms with E-state index in [-0.39, 0.29) is 5.82 Å². The molecule has 0 radical (unpaired) electrons. The summed E-state index contributed by atoms with van der Waals surface area (Å²) in [5.41, 5.74) is 1.89. The molecule has 1 aromatic carbocycles. The van der Waals surface area contributed by atoms with Crippen LogP contribution in [0.15, 0.2) is 18.2 Å². The molecule has 0 amide bonds. The molecule has 1 fully saturated rings. The zero-order valence-electron chi connectivity index (χ0n) is 11.4. The van der Waals surface area contributed by atoms with Crippen LogP contribution in [-0.2, 0) is 6.54 Å². The van der Waals surface area contributed by atoms with Crippen molar-refractivity contribution in [3.8, 4) is 0 Å². The summed E-state index contributed by atoms with van der Waals surface area (Å²) in [5.74, 6) is -0.0915. The van der Waals surface area contributed by atoms with Gasteiger partial charge >= 0.3 is 0 Å². The maximum Gasteiger partial charge on any atom is 0.129 e. The highest BCUT2D eigenvalue weighted by atomic mass is 19.1. The first-order valence-electron chi connectivity index (χ1n) is 6.94. The third-order valence-corrected chi connectivity index (χ3v) is 3.48. The van der Waals surface area contributed by atoms with Crippen molar-refractivity contribution in [2.24, 2.45) is 0 Å². The fourth-order valence-electron chi connectivity index (χ4n) is 2.46. The molecule has 1 saturated heterocycles. The van der Waals surface area contributed by atoms with Gasteiger partial charge in [0.15, 0.2) is 0 Å². The van der Waals surface area contributed by atoms with Crippen molar-refractivity contribution in [3.63, 3.8) is 0 Å². The second-order valence-electron chi connectivity index (χ2n) is 5.32. The summed E-state index contributed by atoms with van der Waals surface area (Å²) >= 11 is 0. The summed E-state index contributed by atoms with van der Waals surface area (Å²) in [5, 5.41) is 3.32. The summed E-state index contributed by atoms with van der Waals surface area (Å²) in [6, 6.07) is 5.80. The minimum absolute atomic E-state index is 0.0915. The lowest BCUT2D eigenvalue weighted by atomic mass is 10.1. The Morgan fingerprint density at radius 1 is 1.22 bits per heavy atom. The first-order valence-corrected chi connectivity index (χ1v) is 6.94. The van der Waals surface area contributed by atoms with Crippen LogP contribution in [0.4, 0.5) is 10.1 Å². The maximum atomic E-state index is 14.0. The van der Waals surface area contributed by atoms with E-state index in [1.54, 1.807) is 6.07 Å². The van der Waals surface area contributed by atoms with Gasteiger partial charge in [-0.25, -0.2) is 4.39 Å². The summed E-state index contributed by atoms with van der Waals surface area (Å²) in [6.45, 7) is 6.88. The number of anilines is 1. The predicted octanol–water partition coefficient (Wildman–Crippen LogP) is 3.31. The third kappa shape index (κ3) is 3.22. The highest BCUT2D eigenvalue weighted by Crippen LogP contribution is 2.26. The van der Waals surface area contributed by atoms with Crippen LogP contribution in [0, 0.1) is 5.82 Å². The summed E-state index contributed by atoms with van der Waals surface area (Å²) in [7, 11) is 0. The molecule has 0 saturated carbocycles. The molecule has 1 aliphatic heterocycles. The van der Waals surface area contributed by atoms with E-state index in [0.717, 1.165) is 24.3 Å². The highest BCUT2D eigenvalue weighted by molar-refractivity contribution is 5.54. The molecule has 0 spiro atoms. The molecule has 3 heteroatoms. The Bertz CT molecular complexity index is 384. The zero-order valence-corrected chi connectivity index (χ0v) is 11.4. The molecule has 100 valence electrons. The smallest absolute Gasteiger partial charge is 0.129 e. The van der Waals surface area contributed by atoms with Gasteiger partial charge in [0.25, 0.3) is 0 Å². The standard InChI is InChI=1S/C15H23FN2/c1-12(2)17-11-13-14(16)7-6-8-15(13)18-9-4-3-5-10-18/h6-8,12,17H,3-5,9-11H2,1-2H3. The largest absolute Gasteiger partial charge is 0.371 e. The molecule has 1 aliphatic rings. The van der Waals surface area contributed by atoms with E-state index in [1.165, 1.54) is 19.3 Å². The van der Waals surface area contributed by atoms with Crippen molar-refractivity contribution in [1.82, 2.24) is 5.32 Å². The van der Waals surface area contributed by atoms with Crippen LogP contribution in [0.5, 0.6) is 0 Å². The van der Waals surface area contributed by atoms with Gasteiger partial charge in [-0.1, -0.05) is 19.9 Å². The van der Waals surface area contributed by atoms with Gasteiger partial charge in [0, 0.05) is 36.9 Å². The van der Waals surface area contributed by atoms with Crippen molar-refractivity contribution in [2.45, 2.75) is 45.7 Å². The number of hydrogen-bond acceptors (Lipinski definition) is 2. The SMILES string of the molecule is CC(C)NCc1c(F)cccc1N1CCCCC1. The van der Waals surface area contributed by atoms with Gasteiger partial charge < -0.3 is 10.2 Å². The van der Waals surface area contributed by atoms with Crippen LogP contribution in [0.1, 0.15) is 38.7 Å². The quantitative estimate of drug-likeness (QED) is 0.882. The Balaban J connectivity index is 2.19. The summed E-state index contributed by atoms with van der Waals surface area (Å²) in [6.07, 6.45) is 3.73. The molecule has 0 bridgehead atoms. The number of nitrogens with one attached hydrogen (secondary N) is 1. The third-order valence-electron chi connectivity index (χ3n) is 3.48. The van der Waals surface area contributed by atoms with Crippen LogP contribution in [0.25, 0.3) is 0 Å². The van der Waals surface area contributed by atoms with E-state index >= 15 is 0 Å². The van der Waals surface area contributed by atoms with Gasteiger partial charge in [-0.2, -0.15) is 0 Å². The minimum atomic E-state index is -0.0915. The molecule has 0 aliphatic carbocycles. The van der Waals surface area contributed by atoms with Gasteiger partial charge in [-0.15, -0.1) is 0 Å². The van der Waals surface area contributed by atoms with E-state index < -0.39 is 0 Å². The van der Waals surface area contributed by atoms with E-state index in [2.05, 4.69) is 24.1 Å². The van der Waals surface area contributed by atoms with Crippen LogP contribution < -0.4 is 10.2 Å². The van der Waals surface area contributed by atoms with Crippen LogP contribution in [-0.4, -0.2) is 19.1 Å². The summed E-state index contributed by atoms with van der Waals surface area (Å²) < 4.78 is 14.0. The Kier molecular flexibility index (Phi) is 4.59. The fourth-order valence-corrected chi connectivity index (χ4v) is 2.46. The zero-order chi connectivity index (χ0) is 13.0. The Hall–Kier alpha value is -1.09. The van der Waals surface area contributed by atoms with Gasteiger partial charge in [0.05, 0.1) is 0 Å². The van der Waals surface area contributed by atoms with Crippen molar-refractivity contribution >= 4 is 5.69 Å². The molecule has 1 N–H and O–H groups in total. The first kappa shape index (κ1) is 13.3. The van der Waals surface area contributed by atoms with Crippen LogP contribution in [0.2, 0.25) is 0 Å². The summed E-state index contributed by atoms with van der Waals surface area (Å²) in [4.78, 5) is 2.32. The lowest BCUT2D eigenvalue weighted by Gasteiger charge is -2.31. The average molecular weight is 250 g/mol. The lowest BCUT2D eigenvalue weighted by Crippen LogP contribution is -2.32. The number of benzene rings is 1. The highest BCUT2D eigenvalue weighted by Gasteiger charge is 2.16. The molecule has 1 aromatic rings. The van der Waals surface area contributed by atoms with Gasteiger partial charge in [-0.05, 0) is 31.4 Å². The molecule has 1 heterocycles. The molecular weight excluding hydrogens is 227 g/mol. The lowest BCUT2D eigenvalue weighted by molar-refractivity contribution is 0.542. The maximum absolute atomic E-state index is 14.0. The van der Waals surface area contributed by atoms with Crippen molar-refractivity contribution in [2.75, 3.05) is 18.0 Å². The van der Waals surface area contributed by atoms with Crippen molar-refractivity contribution in [1.29, 1.82) is 0 Å². The monoisotopic (exact) mass is 250 g/mol. The van der Waals surface area contributed by atoms with Gasteiger partial charge in [0.1, 0.15) is 5.82 Å². The fraction of sp³-hybridized carbons (Fsp3) is 0.600. The van der Waals surface area contributed by atoms with E-state index in [4.69, 9.17) is 0 Å². The topological polar surface area (TPSA) is 15.3 Å². The second-order valence-corrected chi connectivity index (χ2v) is 5.32. The molecule has 18 heavy (non-hydrogen) atoms. The van der Waals surface area contributed by atoms with Crippen LogP contribution in [0.3, 0.4) is 0 Å². The predicted molar refractivity (Wildman–Crippen MR) is 74.4 cm³/mol. The number of halogens is 1. The number of rotatable bonds is 4. The average Bonchev–Trinajstić information content (AvgIpc) is 2.38. The van der Waals surface area contributed by atoms with E-state index in [0.29, 0.717) is 12.6 Å². The molecule has 2 rings (SSSR count). The number of hydrogen-bond donors (Lipinski definition) is 1. The van der Waals surface area contributed by atoms with E-state index in [1.807, 2.05) is 12.1 Å². The molecule has 0 aromatic heterocycles. The number of piperidine rings is 1.